The summed E-state index contributed by atoms with van der Waals surface area (Å²) in [7, 11) is 0. The van der Waals surface area contributed by atoms with Gasteiger partial charge in [0.15, 0.2) is 0 Å². The standard InChI is InChI=1S/C6H6O3/c1-2-4-6-8-9-7-5-3-1/h1-6H/b2-1-,5-3-,6-4-. The molecular weight excluding hydrogens is 120 g/mol. The van der Waals surface area contributed by atoms with E-state index in [9.17, 15) is 0 Å². The molecule has 0 radical (unpaired) electrons. The fourth-order valence-corrected chi connectivity index (χ4v) is 0.351. The molecule has 48 valence electrons. The molecule has 0 unspecified atom stereocenters. The minimum absolute atomic E-state index is 1.36. The van der Waals surface area contributed by atoms with Crippen LogP contribution in [0.2, 0.25) is 0 Å². The Morgan fingerprint density at radius 2 is 1.22 bits per heavy atom. The fraction of sp³-hybridized carbons (Fsp3) is 0. The van der Waals surface area contributed by atoms with Crippen LogP contribution in [0.4, 0.5) is 0 Å². The van der Waals surface area contributed by atoms with Crippen molar-refractivity contribution in [1.29, 1.82) is 0 Å². The van der Waals surface area contributed by atoms with Crippen molar-refractivity contribution in [2.75, 3.05) is 0 Å². The lowest BCUT2D eigenvalue weighted by molar-refractivity contribution is -0.465. The SMILES string of the molecule is C1=C\C=C/OOO\C=C/1. The first-order valence-electron chi connectivity index (χ1n) is 2.47. The molecule has 0 aromatic heterocycles. The average Bonchev–Trinajstić information content (AvgIpc) is 2.00. The Hall–Kier alpha value is -1.22. The van der Waals surface area contributed by atoms with Gasteiger partial charge in [-0.3, -0.25) is 0 Å². The molecule has 3 heteroatoms. The second-order valence-corrected chi connectivity index (χ2v) is 1.30. The zero-order valence-electron chi connectivity index (χ0n) is 4.69. The zero-order chi connectivity index (χ0) is 6.36. The van der Waals surface area contributed by atoms with E-state index in [0.29, 0.717) is 0 Å². The molecule has 0 N–H and O–H groups in total. The van der Waals surface area contributed by atoms with Crippen molar-refractivity contribution in [3.05, 3.63) is 36.8 Å². The molecule has 3 nitrogen and oxygen atoms in total. The van der Waals surface area contributed by atoms with Crippen LogP contribution < -0.4 is 0 Å². The summed E-state index contributed by atoms with van der Waals surface area (Å²) in [6, 6.07) is 0. The Labute approximate surface area is 52.7 Å². The molecule has 0 fully saturated rings. The molecular formula is C6H6O3. The first-order valence-corrected chi connectivity index (χ1v) is 2.47. The van der Waals surface area contributed by atoms with Gasteiger partial charge in [-0.2, -0.15) is 0 Å². The number of hydrogen-bond donors (Lipinski definition) is 0. The van der Waals surface area contributed by atoms with E-state index in [1.165, 1.54) is 12.5 Å². The van der Waals surface area contributed by atoms with E-state index in [4.69, 9.17) is 0 Å². The van der Waals surface area contributed by atoms with E-state index in [1.807, 2.05) is 0 Å². The molecule has 0 amide bonds. The van der Waals surface area contributed by atoms with Gasteiger partial charge in [-0.1, -0.05) is 12.2 Å². The van der Waals surface area contributed by atoms with E-state index in [-0.39, 0.29) is 0 Å². The predicted octanol–water partition coefficient (Wildman–Crippen LogP) is 1.46. The predicted molar refractivity (Wildman–Crippen MR) is 30.7 cm³/mol. The van der Waals surface area contributed by atoms with Gasteiger partial charge in [0, 0.05) is 5.04 Å². The first kappa shape index (κ1) is 5.91. The molecule has 0 saturated carbocycles. The van der Waals surface area contributed by atoms with E-state index in [1.54, 1.807) is 24.3 Å². The van der Waals surface area contributed by atoms with Crippen molar-refractivity contribution in [2.45, 2.75) is 0 Å². The molecule has 0 atom stereocenters. The maximum atomic E-state index is 4.35. The van der Waals surface area contributed by atoms with Crippen LogP contribution >= 0.6 is 0 Å². The fourth-order valence-electron chi connectivity index (χ4n) is 0.351. The number of rotatable bonds is 0. The highest BCUT2D eigenvalue weighted by atomic mass is 17.5. The Kier molecular flexibility index (Phi) is 2.46. The smallest absolute Gasteiger partial charge is 0.133 e. The van der Waals surface area contributed by atoms with Crippen molar-refractivity contribution >= 4 is 0 Å². The molecule has 9 heavy (non-hydrogen) atoms. The van der Waals surface area contributed by atoms with Gasteiger partial charge in [0.2, 0.25) is 0 Å². The quantitative estimate of drug-likeness (QED) is 0.460. The Morgan fingerprint density at radius 1 is 0.667 bits per heavy atom. The summed E-state index contributed by atoms with van der Waals surface area (Å²) in [5.41, 5.74) is 0. The van der Waals surface area contributed by atoms with Crippen LogP contribution in [0.3, 0.4) is 0 Å². The number of allylic oxidation sites excluding steroid dienone is 4. The summed E-state index contributed by atoms with van der Waals surface area (Å²) in [4.78, 5) is 8.70. The van der Waals surface area contributed by atoms with Crippen molar-refractivity contribution in [2.24, 2.45) is 0 Å². The molecule has 0 saturated heterocycles. The topological polar surface area (TPSA) is 27.7 Å². The van der Waals surface area contributed by atoms with Crippen LogP contribution in [-0.4, -0.2) is 0 Å². The monoisotopic (exact) mass is 126 g/mol. The van der Waals surface area contributed by atoms with Crippen LogP contribution in [0.15, 0.2) is 36.8 Å². The molecule has 0 aromatic carbocycles. The lowest BCUT2D eigenvalue weighted by Gasteiger charge is -1.91. The van der Waals surface area contributed by atoms with Gasteiger partial charge in [0.25, 0.3) is 0 Å². The summed E-state index contributed by atoms with van der Waals surface area (Å²) >= 11 is 0. The van der Waals surface area contributed by atoms with E-state index >= 15 is 0 Å². The van der Waals surface area contributed by atoms with E-state index in [2.05, 4.69) is 14.8 Å². The summed E-state index contributed by atoms with van der Waals surface area (Å²) in [6.45, 7) is 0. The number of hydrogen-bond acceptors (Lipinski definition) is 3. The zero-order valence-corrected chi connectivity index (χ0v) is 4.69. The lowest BCUT2D eigenvalue weighted by Crippen LogP contribution is -1.82. The van der Waals surface area contributed by atoms with Gasteiger partial charge in [-0.05, 0) is 12.2 Å². The molecule has 1 aliphatic heterocycles. The van der Waals surface area contributed by atoms with Crippen LogP contribution in [0, 0.1) is 0 Å². The van der Waals surface area contributed by atoms with Crippen LogP contribution in [0.25, 0.3) is 0 Å². The van der Waals surface area contributed by atoms with E-state index < -0.39 is 0 Å². The van der Waals surface area contributed by atoms with Crippen LogP contribution in [0.1, 0.15) is 0 Å². The minimum Gasteiger partial charge on any atom is -0.307 e. The largest absolute Gasteiger partial charge is 0.307 e. The van der Waals surface area contributed by atoms with Gasteiger partial charge >= 0.3 is 0 Å². The van der Waals surface area contributed by atoms with Crippen molar-refractivity contribution in [1.82, 2.24) is 0 Å². The Bertz CT molecular complexity index is 130. The van der Waals surface area contributed by atoms with Crippen molar-refractivity contribution < 1.29 is 14.8 Å². The summed E-state index contributed by atoms with van der Waals surface area (Å²) in [6.07, 6.45) is 9.66. The minimum atomic E-state index is 1.36. The lowest BCUT2D eigenvalue weighted by atomic mass is 10.5. The molecule has 1 aliphatic rings. The normalized spacial score (nSPS) is 27.6. The second-order valence-electron chi connectivity index (χ2n) is 1.30. The second kappa shape index (κ2) is 3.74. The third kappa shape index (κ3) is 2.56. The van der Waals surface area contributed by atoms with Gasteiger partial charge < -0.3 is 9.78 Å². The Morgan fingerprint density at radius 3 is 1.78 bits per heavy atom. The van der Waals surface area contributed by atoms with Gasteiger partial charge in [-0.15, -0.1) is 0 Å². The van der Waals surface area contributed by atoms with Crippen LogP contribution in [0.5, 0.6) is 0 Å². The molecule has 0 aromatic rings. The van der Waals surface area contributed by atoms with Crippen LogP contribution in [-0.2, 0) is 14.8 Å². The van der Waals surface area contributed by atoms with Gasteiger partial charge in [0.05, 0.1) is 0 Å². The third-order valence-corrected chi connectivity index (χ3v) is 0.680. The summed E-state index contributed by atoms with van der Waals surface area (Å²) in [5, 5.41) is 4.14. The average molecular weight is 126 g/mol. The molecule has 0 bridgehead atoms. The molecule has 0 aliphatic carbocycles. The van der Waals surface area contributed by atoms with Crippen molar-refractivity contribution in [3.63, 3.8) is 0 Å². The third-order valence-electron chi connectivity index (χ3n) is 0.680. The summed E-state index contributed by atoms with van der Waals surface area (Å²) < 4.78 is 0. The maximum Gasteiger partial charge on any atom is 0.133 e. The van der Waals surface area contributed by atoms with Gasteiger partial charge in [0.1, 0.15) is 12.5 Å². The molecule has 1 rings (SSSR count). The molecule has 1 heterocycles. The maximum absolute atomic E-state index is 4.35. The highest BCUT2D eigenvalue weighted by molar-refractivity contribution is 5.08. The highest BCUT2D eigenvalue weighted by Gasteiger charge is 1.78. The Balaban J connectivity index is 2.45. The van der Waals surface area contributed by atoms with E-state index in [0.717, 1.165) is 0 Å². The van der Waals surface area contributed by atoms with Crippen molar-refractivity contribution in [3.8, 4) is 0 Å². The summed E-state index contributed by atoms with van der Waals surface area (Å²) in [5.74, 6) is 0. The van der Waals surface area contributed by atoms with Gasteiger partial charge in [-0.25, -0.2) is 0 Å². The molecule has 0 spiro atoms. The first-order chi connectivity index (χ1) is 4.50. The highest BCUT2D eigenvalue weighted by Crippen LogP contribution is 1.89.